The second kappa shape index (κ2) is 10.3. The molecule has 1 unspecified atom stereocenters. The first kappa shape index (κ1) is 26.9. The Balaban J connectivity index is 1.85. The number of halogens is 1. The van der Waals surface area contributed by atoms with Gasteiger partial charge in [-0.25, -0.2) is 18.1 Å². The van der Waals surface area contributed by atoms with Gasteiger partial charge in [-0.3, -0.25) is 9.59 Å². The van der Waals surface area contributed by atoms with Crippen molar-refractivity contribution in [2.24, 2.45) is 0 Å². The molecule has 0 radical (unpaired) electrons. The van der Waals surface area contributed by atoms with Crippen molar-refractivity contribution in [3.63, 3.8) is 0 Å². The average Bonchev–Trinajstić information content (AvgIpc) is 2.86. The summed E-state index contributed by atoms with van der Waals surface area (Å²) in [5.74, 6) is -0.598. The van der Waals surface area contributed by atoms with E-state index in [0.717, 1.165) is 11.8 Å². The van der Waals surface area contributed by atoms with E-state index in [4.69, 9.17) is 16.0 Å². The lowest BCUT2D eigenvalue weighted by molar-refractivity contribution is 0.0977. The van der Waals surface area contributed by atoms with Crippen molar-refractivity contribution in [1.82, 2.24) is 9.71 Å². The van der Waals surface area contributed by atoms with Crippen LogP contribution in [0.1, 0.15) is 45.7 Å². The van der Waals surface area contributed by atoms with Crippen molar-refractivity contribution in [2.45, 2.75) is 26.8 Å². The summed E-state index contributed by atoms with van der Waals surface area (Å²) >= 11 is 5.98. The minimum Gasteiger partial charge on any atom is -0.455 e. The third-order valence-electron chi connectivity index (χ3n) is 5.84. The Hall–Kier alpha value is -4.20. The highest BCUT2D eigenvalue weighted by atomic mass is 35.5. The third kappa shape index (κ3) is 5.54. The summed E-state index contributed by atoms with van der Waals surface area (Å²) in [5.41, 5.74) is 3.03. The Labute approximate surface area is 224 Å². The molecule has 9 nitrogen and oxygen atoms in total. The van der Waals surface area contributed by atoms with Gasteiger partial charge < -0.3 is 9.73 Å². The number of pyridine rings is 1. The molecule has 1 atom stereocenters. The molecule has 4 aromatic rings. The molecule has 0 aliphatic carbocycles. The summed E-state index contributed by atoms with van der Waals surface area (Å²) in [6.07, 6.45) is 0.859. The molecule has 0 aliphatic heterocycles. The van der Waals surface area contributed by atoms with Crippen molar-refractivity contribution in [1.29, 1.82) is 5.26 Å². The van der Waals surface area contributed by atoms with Gasteiger partial charge in [0.15, 0.2) is 11.1 Å². The number of carbonyl (C=O) groups is 1. The van der Waals surface area contributed by atoms with Crippen LogP contribution in [0.3, 0.4) is 0 Å². The number of aryl methyl sites for hydroxylation is 1. The van der Waals surface area contributed by atoms with Crippen molar-refractivity contribution in [2.75, 3.05) is 11.6 Å². The van der Waals surface area contributed by atoms with Crippen molar-refractivity contribution < 1.29 is 17.6 Å². The standard InChI is InChI=1S/C27H23ClN4O5S/c1-14-10-19(16(3)30-21-8-9-22(28)31-23(21)27(34)32-38(4,35)36)26-20(11-14)24(33)15(2)25(37-26)18-7-5-6-17(12-18)13-29/h5-12,16,30H,1-4H3,(H,32,34). The highest BCUT2D eigenvalue weighted by Gasteiger charge is 2.22. The monoisotopic (exact) mass is 550 g/mol. The van der Waals surface area contributed by atoms with Gasteiger partial charge in [0.05, 0.1) is 35.0 Å². The Kier molecular flexibility index (Phi) is 7.26. The fraction of sp³-hybridized carbons (Fsp3) is 0.185. The van der Waals surface area contributed by atoms with E-state index >= 15 is 0 Å². The summed E-state index contributed by atoms with van der Waals surface area (Å²) in [6.45, 7) is 5.33. The van der Waals surface area contributed by atoms with Crippen LogP contribution >= 0.6 is 11.6 Å². The zero-order valence-electron chi connectivity index (χ0n) is 20.9. The molecule has 194 valence electrons. The molecule has 1 amide bonds. The maximum absolute atomic E-state index is 13.4. The molecule has 0 aliphatic rings. The third-order valence-corrected chi connectivity index (χ3v) is 6.61. The van der Waals surface area contributed by atoms with Crippen LogP contribution in [-0.4, -0.2) is 25.6 Å². The van der Waals surface area contributed by atoms with Gasteiger partial charge >= 0.3 is 0 Å². The zero-order chi connectivity index (χ0) is 27.8. The van der Waals surface area contributed by atoms with Crippen molar-refractivity contribution in [3.8, 4) is 17.4 Å². The second-order valence-electron chi connectivity index (χ2n) is 8.91. The Morgan fingerprint density at radius 1 is 1.16 bits per heavy atom. The SMILES string of the molecule is Cc1cc(C(C)Nc2ccc(Cl)nc2C(=O)NS(C)(=O)=O)c2oc(-c3cccc(C#N)c3)c(C)c(=O)c2c1. The van der Waals surface area contributed by atoms with Gasteiger partial charge in [0, 0.05) is 16.7 Å². The molecule has 0 fully saturated rings. The van der Waals surface area contributed by atoms with Gasteiger partial charge in [0.25, 0.3) is 5.91 Å². The van der Waals surface area contributed by atoms with E-state index in [1.54, 1.807) is 44.2 Å². The van der Waals surface area contributed by atoms with E-state index in [1.165, 1.54) is 12.1 Å². The molecular formula is C27H23ClN4O5S. The normalized spacial score (nSPS) is 12.1. The Bertz CT molecular complexity index is 1810. The number of nitrogens with one attached hydrogen (secondary N) is 2. The van der Waals surface area contributed by atoms with Crippen molar-refractivity contribution >= 4 is 44.2 Å². The van der Waals surface area contributed by atoms with Gasteiger partial charge in [-0.1, -0.05) is 29.8 Å². The number of hydrogen-bond donors (Lipinski definition) is 2. The Morgan fingerprint density at radius 2 is 1.89 bits per heavy atom. The summed E-state index contributed by atoms with van der Waals surface area (Å²) in [4.78, 5) is 30.0. The van der Waals surface area contributed by atoms with Crippen LogP contribution in [0.4, 0.5) is 5.69 Å². The molecular weight excluding hydrogens is 528 g/mol. The molecule has 11 heteroatoms. The minimum absolute atomic E-state index is 0.00794. The van der Waals surface area contributed by atoms with Gasteiger partial charge in [-0.15, -0.1) is 0 Å². The van der Waals surface area contributed by atoms with Gasteiger partial charge in [-0.2, -0.15) is 5.26 Å². The lowest BCUT2D eigenvalue weighted by Crippen LogP contribution is -2.31. The number of hydrogen-bond acceptors (Lipinski definition) is 8. The fourth-order valence-corrected chi connectivity index (χ4v) is 4.73. The molecule has 0 bridgehead atoms. The summed E-state index contributed by atoms with van der Waals surface area (Å²) in [5, 5.41) is 12.9. The number of anilines is 1. The van der Waals surface area contributed by atoms with Crippen LogP contribution in [0.25, 0.3) is 22.3 Å². The predicted octanol–water partition coefficient (Wildman–Crippen LogP) is 4.86. The van der Waals surface area contributed by atoms with Crippen LogP contribution in [0.5, 0.6) is 0 Å². The van der Waals surface area contributed by atoms with Crippen molar-refractivity contribution in [3.05, 3.63) is 91.9 Å². The van der Waals surface area contributed by atoms with E-state index in [2.05, 4.69) is 16.4 Å². The summed E-state index contributed by atoms with van der Waals surface area (Å²) in [6, 6.07) is 14.9. The number of rotatable bonds is 6. The number of nitrogens with zero attached hydrogens (tertiary/aromatic N) is 2. The van der Waals surface area contributed by atoms with Crippen LogP contribution in [0.15, 0.2) is 57.7 Å². The van der Waals surface area contributed by atoms with Gasteiger partial charge in [0.1, 0.15) is 16.5 Å². The highest BCUT2D eigenvalue weighted by molar-refractivity contribution is 7.89. The lowest BCUT2D eigenvalue weighted by Gasteiger charge is -2.20. The first-order valence-electron chi connectivity index (χ1n) is 11.4. The number of benzene rings is 2. The molecule has 0 saturated carbocycles. The number of amides is 1. The molecule has 4 rings (SSSR count). The van der Waals surface area contributed by atoms with Crippen LogP contribution < -0.4 is 15.5 Å². The molecule has 0 spiro atoms. The van der Waals surface area contributed by atoms with Crippen LogP contribution in [0, 0.1) is 25.2 Å². The van der Waals surface area contributed by atoms with E-state index in [9.17, 15) is 23.3 Å². The smallest absolute Gasteiger partial charge is 0.285 e. The highest BCUT2D eigenvalue weighted by Crippen LogP contribution is 2.33. The number of carbonyl (C=O) groups excluding carboxylic acids is 1. The number of sulfonamides is 1. The number of aromatic nitrogens is 1. The predicted molar refractivity (Wildman–Crippen MR) is 146 cm³/mol. The Morgan fingerprint density at radius 3 is 2.58 bits per heavy atom. The van der Waals surface area contributed by atoms with Crippen LogP contribution in [0.2, 0.25) is 5.15 Å². The topological polar surface area (TPSA) is 142 Å². The average molecular weight is 551 g/mol. The second-order valence-corrected chi connectivity index (χ2v) is 11.0. The quantitative estimate of drug-likeness (QED) is 0.324. The fourth-order valence-electron chi connectivity index (χ4n) is 4.15. The van der Waals surface area contributed by atoms with Gasteiger partial charge in [-0.05, 0) is 56.7 Å². The summed E-state index contributed by atoms with van der Waals surface area (Å²) < 4.78 is 31.4. The lowest BCUT2D eigenvalue weighted by atomic mass is 9.98. The molecule has 2 heterocycles. The molecule has 2 aromatic heterocycles. The summed E-state index contributed by atoms with van der Waals surface area (Å²) in [7, 11) is -3.84. The zero-order valence-corrected chi connectivity index (χ0v) is 22.5. The van der Waals surface area contributed by atoms with Crippen LogP contribution in [-0.2, 0) is 10.0 Å². The molecule has 0 saturated heterocycles. The van der Waals surface area contributed by atoms with Gasteiger partial charge in [0.2, 0.25) is 10.0 Å². The largest absolute Gasteiger partial charge is 0.455 e. The van der Waals surface area contributed by atoms with E-state index < -0.39 is 22.0 Å². The van der Waals surface area contributed by atoms with E-state index in [1.807, 2.05) is 17.7 Å². The van der Waals surface area contributed by atoms with E-state index in [0.29, 0.717) is 39.0 Å². The molecule has 2 aromatic carbocycles. The molecule has 38 heavy (non-hydrogen) atoms. The maximum Gasteiger partial charge on any atom is 0.285 e. The first-order valence-corrected chi connectivity index (χ1v) is 13.7. The minimum atomic E-state index is -3.84. The number of nitriles is 1. The molecule has 2 N–H and O–H groups in total. The van der Waals surface area contributed by atoms with E-state index in [-0.39, 0.29) is 22.0 Å². The first-order chi connectivity index (χ1) is 17.9. The number of fused-ring (bicyclic) bond motifs is 1. The maximum atomic E-state index is 13.4.